The van der Waals surface area contributed by atoms with Crippen molar-refractivity contribution in [3.05, 3.63) is 65.2 Å². The topological polar surface area (TPSA) is 110 Å². The average Bonchev–Trinajstić information content (AvgIpc) is 3.21. The molecule has 0 bridgehead atoms. The Labute approximate surface area is 192 Å². The molecule has 0 unspecified atom stereocenters. The molecule has 1 aromatic heterocycles. The largest absolute Gasteiger partial charge is 0.492 e. The fourth-order valence-electron chi connectivity index (χ4n) is 2.82. The number of amides is 1. The van der Waals surface area contributed by atoms with Crippen molar-refractivity contribution in [2.24, 2.45) is 0 Å². The van der Waals surface area contributed by atoms with Gasteiger partial charge in [-0.25, -0.2) is 13.1 Å². The number of sulfonamides is 1. The Hall–Kier alpha value is -2.82. The zero-order valence-corrected chi connectivity index (χ0v) is 20.0. The number of rotatable bonds is 8. The van der Waals surface area contributed by atoms with Gasteiger partial charge in [0.15, 0.2) is 0 Å². The Morgan fingerprint density at radius 3 is 2.41 bits per heavy atom. The van der Waals surface area contributed by atoms with Gasteiger partial charge in [-0.15, -0.1) is 10.2 Å². The van der Waals surface area contributed by atoms with Crippen molar-refractivity contribution >= 4 is 32.4 Å². The Morgan fingerprint density at radius 2 is 1.75 bits per heavy atom. The van der Waals surface area contributed by atoms with Crippen LogP contribution < -0.4 is 14.8 Å². The van der Waals surface area contributed by atoms with Gasteiger partial charge in [-0.1, -0.05) is 62.4 Å². The molecule has 0 aliphatic rings. The number of carbonyl (C=O) groups is 1. The molecule has 1 heterocycles. The molecule has 0 saturated carbocycles. The molecule has 2 aromatic carbocycles. The predicted octanol–water partition coefficient (Wildman–Crippen LogP) is 3.75. The fraction of sp³-hybridized carbons (Fsp3) is 0.318. The molecular formula is C22H26N4O4S2. The number of anilines is 1. The highest BCUT2D eigenvalue weighted by Gasteiger charge is 2.21. The van der Waals surface area contributed by atoms with Crippen LogP contribution in [0.2, 0.25) is 0 Å². The van der Waals surface area contributed by atoms with E-state index in [-0.39, 0.29) is 33.9 Å². The van der Waals surface area contributed by atoms with E-state index in [1.165, 1.54) is 5.56 Å². The number of benzene rings is 2. The van der Waals surface area contributed by atoms with E-state index in [9.17, 15) is 13.2 Å². The molecule has 10 heteroatoms. The normalized spacial score (nSPS) is 11.9. The number of carbonyl (C=O) groups excluding carboxylic acids is 1. The smallest absolute Gasteiger partial charge is 0.269 e. The van der Waals surface area contributed by atoms with Gasteiger partial charge in [-0.05, 0) is 41.7 Å². The molecule has 0 spiro atoms. The van der Waals surface area contributed by atoms with Gasteiger partial charge in [0.05, 0.1) is 0 Å². The lowest BCUT2D eigenvalue weighted by atomic mass is 9.87. The van der Waals surface area contributed by atoms with Crippen LogP contribution in [0.4, 0.5) is 5.13 Å². The Morgan fingerprint density at radius 1 is 1.06 bits per heavy atom. The first kappa shape index (κ1) is 23.8. The molecule has 0 atom stereocenters. The van der Waals surface area contributed by atoms with Crippen molar-refractivity contribution in [2.45, 2.75) is 37.4 Å². The molecule has 32 heavy (non-hydrogen) atoms. The third-order valence-corrected chi connectivity index (χ3v) is 7.30. The second-order valence-electron chi connectivity index (χ2n) is 8.16. The van der Waals surface area contributed by atoms with Gasteiger partial charge < -0.3 is 4.74 Å². The molecule has 3 aromatic rings. The first-order valence-corrected chi connectivity index (χ1v) is 12.3. The zero-order chi connectivity index (χ0) is 23.4. The summed E-state index contributed by atoms with van der Waals surface area (Å²) in [7, 11) is -3.86. The maximum Gasteiger partial charge on any atom is 0.269 e. The summed E-state index contributed by atoms with van der Waals surface area (Å²) < 4.78 is 32.7. The summed E-state index contributed by atoms with van der Waals surface area (Å²) in [5.74, 6) is 0.288. The zero-order valence-electron chi connectivity index (χ0n) is 18.4. The SMILES string of the molecule is Cc1ccccc1C(=O)Nc1nnc(S(=O)(=O)NCCOc2ccc(C(C)(C)C)cc2)s1. The molecule has 0 aliphatic heterocycles. The van der Waals surface area contributed by atoms with Gasteiger partial charge in [-0.2, -0.15) is 0 Å². The van der Waals surface area contributed by atoms with E-state index in [1.54, 1.807) is 12.1 Å². The van der Waals surface area contributed by atoms with E-state index < -0.39 is 10.0 Å². The molecule has 0 fully saturated rings. The van der Waals surface area contributed by atoms with Crippen molar-refractivity contribution in [3.63, 3.8) is 0 Å². The van der Waals surface area contributed by atoms with Crippen molar-refractivity contribution in [2.75, 3.05) is 18.5 Å². The van der Waals surface area contributed by atoms with Crippen LogP contribution in [-0.4, -0.2) is 37.7 Å². The van der Waals surface area contributed by atoms with Gasteiger partial charge in [0, 0.05) is 12.1 Å². The standard InChI is InChI=1S/C22H26N4O4S2/c1-15-7-5-6-8-18(15)19(27)24-20-25-26-21(31-20)32(28,29)23-13-14-30-17-11-9-16(10-12-17)22(2,3)4/h5-12,23H,13-14H2,1-4H3,(H,24,25,27). The summed E-state index contributed by atoms with van der Waals surface area (Å²) in [5.41, 5.74) is 2.52. The van der Waals surface area contributed by atoms with E-state index in [1.807, 2.05) is 43.3 Å². The quantitative estimate of drug-likeness (QED) is 0.380. The third kappa shape index (κ3) is 6.12. The summed E-state index contributed by atoms with van der Waals surface area (Å²) >= 11 is 0.781. The molecule has 1 amide bonds. The first-order valence-electron chi connectivity index (χ1n) is 10.00. The summed E-state index contributed by atoms with van der Waals surface area (Å²) in [5, 5.41) is 10.1. The molecule has 3 rings (SSSR count). The first-order chi connectivity index (χ1) is 15.1. The molecule has 2 N–H and O–H groups in total. The number of hydrogen-bond donors (Lipinski definition) is 2. The minimum absolute atomic E-state index is 0.0498. The van der Waals surface area contributed by atoms with Crippen molar-refractivity contribution in [1.29, 1.82) is 0 Å². The fourth-order valence-corrected chi connectivity index (χ4v) is 4.77. The van der Waals surface area contributed by atoms with Crippen molar-refractivity contribution < 1.29 is 17.9 Å². The molecule has 0 saturated heterocycles. The maximum atomic E-state index is 12.5. The molecule has 170 valence electrons. The van der Waals surface area contributed by atoms with E-state index >= 15 is 0 Å². The highest BCUT2D eigenvalue weighted by Crippen LogP contribution is 2.24. The lowest BCUT2D eigenvalue weighted by Gasteiger charge is -2.19. The second-order valence-corrected chi connectivity index (χ2v) is 11.1. The molecule has 8 nitrogen and oxygen atoms in total. The number of ether oxygens (including phenoxy) is 1. The second kappa shape index (κ2) is 9.76. The van der Waals surface area contributed by atoms with Gasteiger partial charge in [0.25, 0.3) is 15.9 Å². The number of aryl methyl sites for hydroxylation is 1. The lowest BCUT2D eigenvalue weighted by molar-refractivity contribution is 0.102. The van der Waals surface area contributed by atoms with Gasteiger partial charge in [0.1, 0.15) is 12.4 Å². The number of nitrogens with zero attached hydrogens (tertiary/aromatic N) is 2. The Kier molecular flexibility index (Phi) is 7.27. The Balaban J connectivity index is 1.52. The molecular weight excluding hydrogens is 448 g/mol. The van der Waals surface area contributed by atoms with Crippen LogP contribution in [0.5, 0.6) is 5.75 Å². The van der Waals surface area contributed by atoms with Crippen LogP contribution in [0.15, 0.2) is 52.9 Å². The average molecular weight is 475 g/mol. The van der Waals surface area contributed by atoms with Crippen LogP contribution in [0.25, 0.3) is 0 Å². The predicted molar refractivity (Wildman–Crippen MR) is 125 cm³/mol. The minimum Gasteiger partial charge on any atom is -0.492 e. The number of hydrogen-bond acceptors (Lipinski definition) is 7. The van der Waals surface area contributed by atoms with E-state index in [4.69, 9.17) is 4.74 Å². The summed E-state index contributed by atoms with van der Waals surface area (Å²) in [4.78, 5) is 12.4. The van der Waals surface area contributed by atoms with Gasteiger partial charge in [-0.3, -0.25) is 10.1 Å². The van der Waals surface area contributed by atoms with Crippen LogP contribution in [0.1, 0.15) is 42.3 Å². The van der Waals surface area contributed by atoms with Crippen LogP contribution in [-0.2, 0) is 15.4 Å². The molecule has 0 aliphatic carbocycles. The van der Waals surface area contributed by atoms with E-state index in [0.29, 0.717) is 11.3 Å². The Bertz CT molecular complexity index is 1180. The van der Waals surface area contributed by atoms with Crippen LogP contribution in [0.3, 0.4) is 0 Å². The number of nitrogens with one attached hydrogen (secondary N) is 2. The molecule has 0 radical (unpaired) electrons. The monoisotopic (exact) mass is 474 g/mol. The third-order valence-electron chi connectivity index (χ3n) is 4.63. The van der Waals surface area contributed by atoms with E-state index in [0.717, 1.165) is 16.9 Å². The van der Waals surface area contributed by atoms with Crippen LogP contribution in [0, 0.1) is 6.92 Å². The maximum absolute atomic E-state index is 12.5. The van der Waals surface area contributed by atoms with Crippen molar-refractivity contribution in [1.82, 2.24) is 14.9 Å². The number of aromatic nitrogens is 2. The van der Waals surface area contributed by atoms with E-state index in [2.05, 4.69) is 41.0 Å². The highest BCUT2D eigenvalue weighted by atomic mass is 32.2. The van der Waals surface area contributed by atoms with Gasteiger partial charge >= 0.3 is 0 Å². The minimum atomic E-state index is -3.86. The van der Waals surface area contributed by atoms with Crippen molar-refractivity contribution in [3.8, 4) is 5.75 Å². The summed E-state index contributed by atoms with van der Waals surface area (Å²) in [6.07, 6.45) is 0. The summed E-state index contributed by atoms with van der Waals surface area (Å²) in [6, 6.07) is 14.8. The lowest BCUT2D eigenvalue weighted by Crippen LogP contribution is -2.28. The summed E-state index contributed by atoms with van der Waals surface area (Å²) in [6.45, 7) is 8.42. The van der Waals surface area contributed by atoms with Crippen LogP contribution >= 0.6 is 11.3 Å². The highest BCUT2D eigenvalue weighted by molar-refractivity contribution is 7.91. The van der Waals surface area contributed by atoms with Gasteiger partial charge in [0.2, 0.25) is 9.47 Å².